The van der Waals surface area contributed by atoms with Gasteiger partial charge >= 0.3 is 0 Å². The molecule has 2 aromatic rings. The Morgan fingerprint density at radius 2 is 1.83 bits per heavy atom. The zero-order valence-corrected chi connectivity index (χ0v) is 17.6. The fourth-order valence-electron chi connectivity index (χ4n) is 4.58. The number of hydrogen-bond donors (Lipinski definition) is 0. The van der Waals surface area contributed by atoms with Crippen LogP contribution in [0.5, 0.6) is 0 Å². The summed E-state index contributed by atoms with van der Waals surface area (Å²) in [5.41, 5.74) is 0.698. The normalized spacial score (nSPS) is 19.0. The third kappa shape index (κ3) is 5.65. The Morgan fingerprint density at radius 3 is 2.63 bits per heavy atom. The Labute approximate surface area is 177 Å². The average molecular weight is 415 g/mol. The van der Waals surface area contributed by atoms with Crippen LogP contribution in [0.25, 0.3) is 11.4 Å². The number of carbonyl (C=O) groups is 1. The first-order valence-electron chi connectivity index (χ1n) is 11.3. The Bertz CT molecular complexity index is 817. The summed E-state index contributed by atoms with van der Waals surface area (Å²) < 4.78 is 18.3. The molecule has 2 fully saturated rings. The third-order valence-electron chi connectivity index (χ3n) is 6.31. The highest BCUT2D eigenvalue weighted by Crippen LogP contribution is 2.25. The van der Waals surface area contributed by atoms with Crippen LogP contribution in [0.1, 0.15) is 50.8 Å². The van der Waals surface area contributed by atoms with E-state index < -0.39 is 0 Å². The summed E-state index contributed by atoms with van der Waals surface area (Å²) in [5.74, 6) is 1.55. The molecule has 2 aliphatic rings. The molecule has 1 aliphatic carbocycles. The van der Waals surface area contributed by atoms with Crippen LogP contribution in [-0.4, -0.2) is 58.6 Å². The van der Waals surface area contributed by atoms with E-state index in [1.807, 2.05) is 4.90 Å². The third-order valence-corrected chi connectivity index (χ3v) is 6.31. The lowest BCUT2D eigenvalue weighted by atomic mass is 9.89. The lowest BCUT2D eigenvalue weighted by molar-refractivity contribution is -0.131. The minimum atomic E-state index is -0.303. The fourth-order valence-corrected chi connectivity index (χ4v) is 4.58. The Kier molecular flexibility index (Phi) is 7.10. The quantitative estimate of drug-likeness (QED) is 0.717. The van der Waals surface area contributed by atoms with Crippen molar-refractivity contribution in [2.24, 2.45) is 5.92 Å². The molecule has 4 rings (SSSR count). The number of carbonyl (C=O) groups excluding carboxylic acids is 1. The highest BCUT2D eigenvalue weighted by Gasteiger charge is 2.22. The molecule has 1 aromatic carbocycles. The van der Waals surface area contributed by atoms with Crippen molar-refractivity contribution < 1.29 is 13.7 Å². The van der Waals surface area contributed by atoms with Crippen molar-refractivity contribution in [2.45, 2.75) is 51.4 Å². The van der Waals surface area contributed by atoms with Crippen LogP contribution in [0.2, 0.25) is 0 Å². The maximum absolute atomic E-state index is 13.1. The number of aryl methyl sites for hydroxylation is 1. The lowest BCUT2D eigenvalue weighted by Gasteiger charge is -2.28. The SMILES string of the molecule is O=C(CCc1nc(-c2ccc(F)cc2)no1)N1CCCN(CC2CCCCC2)CC1. The van der Waals surface area contributed by atoms with Gasteiger partial charge in [0, 0.05) is 44.6 Å². The van der Waals surface area contributed by atoms with Gasteiger partial charge in [-0.25, -0.2) is 4.39 Å². The van der Waals surface area contributed by atoms with Crippen molar-refractivity contribution in [1.82, 2.24) is 19.9 Å². The van der Waals surface area contributed by atoms with Crippen LogP contribution in [0, 0.1) is 11.7 Å². The van der Waals surface area contributed by atoms with Gasteiger partial charge in [-0.2, -0.15) is 4.98 Å². The van der Waals surface area contributed by atoms with E-state index in [1.54, 1.807) is 12.1 Å². The summed E-state index contributed by atoms with van der Waals surface area (Å²) in [6.45, 7) is 4.87. The second kappa shape index (κ2) is 10.2. The summed E-state index contributed by atoms with van der Waals surface area (Å²) in [4.78, 5) is 21.6. The van der Waals surface area contributed by atoms with Crippen molar-refractivity contribution >= 4 is 5.91 Å². The second-order valence-corrected chi connectivity index (χ2v) is 8.56. The maximum atomic E-state index is 13.1. The van der Waals surface area contributed by atoms with E-state index >= 15 is 0 Å². The summed E-state index contributed by atoms with van der Waals surface area (Å²) in [7, 11) is 0. The predicted octanol–water partition coefficient (Wildman–Crippen LogP) is 3.92. The average Bonchev–Trinajstić information content (AvgIpc) is 3.12. The van der Waals surface area contributed by atoms with Gasteiger partial charge in [0.1, 0.15) is 5.82 Å². The fraction of sp³-hybridized carbons (Fsp3) is 0.609. The number of nitrogens with zero attached hydrogens (tertiary/aromatic N) is 4. The van der Waals surface area contributed by atoms with Crippen molar-refractivity contribution in [3.8, 4) is 11.4 Å². The zero-order chi connectivity index (χ0) is 20.8. The smallest absolute Gasteiger partial charge is 0.227 e. The molecule has 6 nitrogen and oxygen atoms in total. The predicted molar refractivity (Wildman–Crippen MR) is 112 cm³/mol. The van der Waals surface area contributed by atoms with Gasteiger partial charge in [-0.15, -0.1) is 0 Å². The van der Waals surface area contributed by atoms with E-state index in [0.717, 1.165) is 38.5 Å². The maximum Gasteiger partial charge on any atom is 0.227 e. The van der Waals surface area contributed by atoms with Gasteiger partial charge in [0.15, 0.2) is 0 Å². The van der Waals surface area contributed by atoms with Gasteiger partial charge < -0.3 is 14.3 Å². The monoisotopic (exact) mass is 414 g/mol. The van der Waals surface area contributed by atoms with Crippen LogP contribution < -0.4 is 0 Å². The van der Waals surface area contributed by atoms with Gasteiger partial charge in [0.05, 0.1) is 0 Å². The van der Waals surface area contributed by atoms with Gasteiger partial charge in [-0.1, -0.05) is 24.4 Å². The molecule has 162 valence electrons. The molecule has 0 N–H and O–H groups in total. The summed E-state index contributed by atoms with van der Waals surface area (Å²) in [5, 5.41) is 3.95. The highest BCUT2D eigenvalue weighted by atomic mass is 19.1. The number of rotatable bonds is 6. The summed E-state index contributed by atoms with van der Waals surface area (Å²) in [6, 6.07) is 5.97. The Balaban J connectivity index is 1.23. The molecule has 1 saturated carbocycles. The molecule has 30 heavy (non-hydrogen) atoms. The van der Waals surface area contributed by atoms with Gasteiger partial charge in [0.25, 0.3) is 0 Å². The minimum absolute atomic E-state index is 0.149. The number of aromatic nitrogens is 2. The molecule has 0 spiro atoms. The minimum Gasteiger partial charge on any atom is -0.341 e. The molecule has 0 radical (unpaired) electrons. The van der Waals surface area contributed by atoms with Gasteiger partial charge in [-0.05, 0) is 56.0 Å². The Morgan fingerprint density at radius 1 is 1.03 bits per heavy atom. The summed E-state index contributed by atoms with van der Waals surface area (Å²) in [6.07, 6.45) is 8.71. The molecule has 2 heterocycles. The van der Waals surface area contributed by atoms with E-state index in [-0.39, 0.29) is 11.7 Å². The lowest BCUT2D eigenvalue weighted by Crippen LogP contribution is -2.37. The number of amides is 1. The zero-order valence-electron chi connectivity index (χ0n) is 17.6. The summed E-state index contributed by atoms with van der Waals surface area (Å²) >= 11 is 0. The topological polar surface area (TPSA) is 62.5 Å². The molecule has 1 saturated heterocycles. The molecular weight excluding hydrogens is 383 g/mol. The standard InChI is InChI=1S/C23H31FN4O2/c24-20-9-7-19(8-10-20)23-25-21(30-26-23)11-12-22(29)28-14-4-13-27(15-16-28)17-18-5-2-1-3-6-18/h7-10,18H,1-6,11-17H2. The van der Waals surface area contributed by atoms with Gasteiger partial charge in [-0.3, -0.25) is 4.79 Å². The number of benzene rings is 1. The largest absolute Gasteiger partial charge is 0.341 e. The van der Waals surface area contributed by atoms with E-state index in [4.69, 9.17) is 4.52 Å². The number of halogens is 1. The van der Waals surface area contributed by atoms with Crippen LogP contribution >= 0.6 is 0 Å². The molecule has 1 amide bonds. The van der Waals surface area contributed by atoms with E-state index in [2.05, 4.69) is 15.0 Å². The molecule has 7 heteroatoms. The Hall–Kier alpha value is -2.28. The first kappa shape index (κ1) is 21.0. The first-order chi connectivity index (χ1) is 14.7. The second-order valence-electron chi connectivity index (χ2n) is 8.56. The first-order valence-corrected chi connectivity index (χ1v) is 11.3. The van der Waals surface area contributed by atoms with Crippen molar-refractivity contribution in [2.75, 3.05) is 32.7 Å². The molecular formula is C23H31FN4O2. The van der Waals surface area contributed by atoms with Crippen LogP contribution in [0.3, 0.4) is 0 Å². The van der Waals surface area contributed by atoms with Crippen molar-refractivity contribution in [3.05, 3.63) is 36.0 Å². The van der Waals surface area contributed by atoms with Crippen molar-refractivity contribution in [1.29, 1.82) is 0 Å². The van der Waals surface area contributed by atoms with Gasteiger partial charge in [0.2, 0.25) is 17.6 Å². The molecule has 0 unspecified atom stereocenters. The van der Waals surface area contributed by atoms with Crippen LogP contribution in [0.15, 0.2) is 28.8 Å². The molecule has 0 bridgehead atoms. The van der Waals surface area contributed by atoms with E-state index in [0.29, 0.717) is 30.1 Å². The molecule has 0 atom stereocenters. The van der Waals surface area contributed by atoms with Crippen molar-refractivity contribution in [3.63, 3.8) is 0 Å². The van der Waals surface area contributed by atoms with E-state index in [1.165, 1.54) is 50.8 Å². The molecule has 1 aliphatic heterocycles. The number of hydrogen-bond acceptors (Lipinski definition) is 5. The highest BCUT2D eigenvalue weighted by molar-refractivity contribution is 5.76. The van der Waals surface area contributed by atoms with Crippen LogP contribution in [-0.2, 0) is 11.2 Å². The molecule has 1 aromatic heterocycles. The van der Waals surface area contributed by atoms with Crippen LogP contribution in [0.4, 0.5) is 4.39 Å². The van der Waals surface area contributed by atoms with E-state index in [9.17, 15) is 9.18 Å².